The fourth-order valence-corrected chi connectivity index (χ4v) is 1.15. The molecule has 0 saturated heterocycles. The Labute approximate surface area is 83.0 Å². The summed E-state index contributed by atoms with van der Waals surface area (Å²) in [5, 5.41) is 11.9. The van der Waals surface area contributed by atoms with Crippen molar-refractivity contribution < 1.29 is 23.6 Å². The van der Waals surface area contributed by atoms with Crippen LogP contribution in [-0.4, -0.2) is 22.8 Å². The molecule has 2 rings (SSSR count). The number of carboxylic acids is 1. The molecule has 1 heterocycles. The van der Waals surface area contributed by atoms with Gasteiger partial charge in [-0.2, -0.15) is 0 Å². The molecule has 78 valence electrons. The Morgan fingerprint density at radius 2 is 2.40 bits per heavy atom. The predicted molar refractivity (Wildman–Crippen MR) is 47.1 cm³/mol. The summed E-state index contributed by atoms with van der Waals surface area (Å²) in [5.41, 5.74) is 0.218. The lowest BCUT2D eigenvalue weighted by Gasteiger charge is -1.97. The molecule has 15 heavy (non-hydrogen) atoms. The van der Waals surface area contributed by atoms with Gasteiger partial charge in [0.1, 0.15) is 11.2 Å². The summed E-state index contributed by atoms with van der Waals surface area (Å²) in [6.07, 6.45) is 0. The number of carboxylic acid groups (broad SMARTS) is 1. The first kappa shape index (κ1) is 9.45. The van der Waals surface area contributed by atoms with Crippen molar-refractivity contribution in [2.24, 2.45) is 0 Å². The van der Waals surface area contributed by atoms with E-state index < -0.39 is 18.4 Å². The standard InChI is InChI=1S/C9H6FNO4/c10-5-2-1-3-6-8(5)9(11-15-6)14-4-7(12)13/h1-3H,4H2,(H,12,13). The molecule has 0 unspecified atom stereocenters. The van der Waals surface area contributed by atoms with Gasteiger partial charge in [0, 0.05) is 0 Å². The van der Waals surface area contributed by atoms with Crippen molar-refractivity contribution in [3.63, 3.8) is 0 Å². The van der Waals surface area contributed by atoms with Crippen molar-refractivity contribution in [1.29, 1.82) is 0 Å². The Balaban J connectivity index is 2.39. The maximum Gasteiger partial charge on any atom is 0.341 e. The number of aromatic nitrogens is 1. The highest BCUT2D eigenvalue weighted by Crippen LogP contribution is 2.27. The largest absolute Gasteiger partial charge is 0.479 e. The summed E-state index contributed by atoms with van der Waals surface area (Å²) >= 11 is 0. The lowest BCUT2D eigenvalue weighted by Crippen LogP contribution is -2.09. The van der Waals surface area contributed by atoms with E-state index in [4.69, 9.17) is 14.4 Å². The summed E-state index contributed by atoms with van der Waals surface area (Å²) in [4.78, 5) is 10.2. The molecule has 0 atom stereocenters. The molecule has 5 nitrogen and oxygen atoms in total. The van der Waals surface area contributed by atoms with Gasteiger partial charge < -0.3 is 14.4 Å². The zero-order chi connectivity index (χ0) is 10.8. The van der Waals surface area contributed by atoms with Crippen LogP contribution in [0.4, 0.5) is 4.39 Å². The minimum Gasteiger partial charge on any atom is -0.479 e. The molecule has 0 saturated carbocycles. The van der Waals surface area contributed by atoms with E-state index in [1.54, 1.807) is 0 Å². The number of ether oxygens (including phenoxy) is 1. The second-order valence-corrected chi connectivity index (χ2v) is 2.78. The molecule has 0 aliphatic rings. The molecule has 0 amide bonds. The summed E-state index contributed by atoms with van der Waals surface area (Å²) in [6, 6.07) is 4.19. The molecule has 1 aromatic heterocycles. The van der Waals surface area contributed by atoms with Crippen molar-refractivity contribution in [3.8, 4) is 5.88 Å². The van der Waals surface area contributed by atoms with Gasteiger partial charge in [0.2, 0.25) is 0 Å². The Morgan fingerprint density at radius 3 is 3.13 bits per heavy atom. The first-order valence-corrected chi connectivity index (χ1v) is 4.07. The number of rotatable bonds is 3. The molecule has 6 heteroatoms. The van der Waals surface area contributed by atoms with Crippen LogP contribution in [0.15, 0.2) is 22.7 Å². The Hall–Kier alpha value is -2.11. The molecule has 0 radical (unpaired) electrons. The van der Waals surface area contributed by atoms with Crippen LogP contribution in [0.5, 0.6) is 5.88 Å². The van der Waals surface area contributed by atoms with Gasteiger partial charge in [-0.3, -0.25) is 0 Å². The van der Waals surface area contributed by atoms with E-state index >= 15 is 0 Å². The summed E-state index contributed by atoms with van der Waals surface area (Å²) in [6.45, 7) is -0.587. The van der Waals surface area contributed by atoms with Gasteiger partial charge in [0.15, 0.2) is 12.2 Å². The van der Waals surface area contributed by atoms with Crippen LogP contribution < -0.4 is 4.74 Å². The van der Waals surface area contributed by atoms with Gasteiger partial charge in [0.05, 0.1) is 0 Å². The van der Waals surface area contributed by atoms with Crippen molar-refractivity contribution in [3.05, 3.63) is 24.0 Å². The molecule has 1 aromatic carbocycles. The lowest BCUT2D eigenvalue weighted by molar-refractivity contribution is -0.139. The monoisotopic (exact) mass is 211 g/mol. The molecule has 0 bridgehead atoms. The van der Waals surface area contributed by atoms with E-state index in [0.717, 1.165) is 0 Å². The van der Waals surface area contributed by atoms with Gasteiger partial charge in [-0.15, -0.1) is 0 Å². The summed E-state index contributed by atoms with van der Waals surface area (Å²) < 4.78 is 22.8. The van der Waals surface area contributed by atoms with Gasteiger partial charge in [0.25, 0.3) is 5.88 Å². The van der Waals surface area contributed by atoms with E-state index in [0.29, 0.717) is 0 Å². The Kier molecular flexibility index (Phi) is 2.24. The summed E-state index contributed by atoms with van der Waals surface area (Å²) in [5.74, 6) is -1.87. The lowest BCUT2D eigenvalue weighted by atomic mass is 10.2. The highest BCUT2D eigenvalue weighted by molar-refractivity contribution is 5.83. The normalized spacial score (nSPS) is 10.5. The maximum atomic E-state index is 13.3. The average Bonchev–Trinajstić information content (AvgIpc) is 2.59. The number of hydrogen-bond donors (Lipinski definition) is 1. The van der Waals surface area contributed by atoms with Crippen LogP contribution in [0.1, 0.15) is 0 Å². The molecule has 2 aromatic rings. The minimum atomic E-state index is -1.16. The van der Waals surface area contributed by atoms with Crippen molar-refractivity contribution in [1.82, 2.24) is 5.16 Å². The third-order valence-electron chi connectivity index (χ3n) is 1.75. The average molecular weight is 211 g/mol. The molecule has 1 N–H and O–H groups in total. The number of nitrogens with zero attached hydrogens (tertiary/aromatic N) is 1. The van der Waals surface area contributed by atoms with Crippen LogP contribution in [0.3, 0.4) is 0 Å². The number of benzene rings is 1. The van der Waals surface area contributed by atoms with Crippen molar-refractivity contribution in [2.45, 2.75) is 0 Å². The molecule has 0 aliphatic heterocycles. The highest BCUT2D eigenvalue weighted by atomic mass is 19.1. The number of halogens is 1. The molecule has 0 fully saturated rings. The van der Waals surface area contributed by atoms with Crippen LogP contribution >= 0.6 is 0 Å². The number of carbonyl (C=O) groups is 1. The smallest absolute Gasteiger partial charge is 0.341 e. The Bertz CT molecular complexity index is 508. The van der Waals surface area contributed by atoms with Gasteiger partial charge in [-0.1, -0.05) is 6.07 Å². The first-order valence-electron chi connectivity index (χ1n) is 4.07. The SMILES string of the molecule is O=C(O)COc1noc2cccc(F)c12. The molecule has 0 spiro atoms. The topological polar surface area (TPSA) is 72.6 Å². The fourth-order valence-electron chi connectivity index (χ4n) is 1.15. The van der Waals surface area contributed by atoms with Gasteiger partial charge in [-0.05, 0) is 17.3 Å². The van der Waals surface area contributed by atoms with E-state index in [-0.39, 0.29) is 16.8 Å². The third-order valence-corrected chi connectivity index (χ3v) is 1.75. The Morgan fingerprint density at radius 1 is 1.60 bits per heavy atom. The van der Waals surface area contributed by atoms with Gasteiger partial charge >= 0.3 is 5.97 Å². The second kappa shape index (κ2) is 3.56. The second-order valence-electron chi connectivity index (χ2n) is 2.78. The van der Waals surface area contributed by atoms with E-state index in [1.165, 1.54) is 18.2 Å². The molecule has 0 aliphatic carbocycles. The zero-order valence-corrected chi connectivity index (χ0v) is 7.44. The van der Waals surface area contributed by atoms with Crippen LogP contribution in [0.2, 0.25) is 0 Å². The van der Waals surface area contributed by atoms with Gasteiger partial charge in [-0.25, -0.2) is 9.18 Å². The summed E-state index contributed by atoms with van der Waals surface area (Å²) in [7, 11) is 0. The van der Waals surface area contributed by atoms with E-state index in [1.807, 2.05) is 0 Å². The van der Waals surface area contributed by atoms with E-state index in [9.17, 15) is 9.18 Å². The molecular formula is C9H6FNO4. The fraction of sp³-hybridized carbons (Fsp3) is 0.111. The van der Waals surface area contributed by atoms with Crippen LogP contribution in [0, 0.1) is 5.82 Å². The van der Waals surface area contributed by atoms with Crippen molar-refractivity contribution >= 4 is 16.9 Å². The van der Waals surface area contributed by atoms with E-state index in [2.05, 4.69) is 5.16 Å². The van der Waals surface area contributed by atoms with Crippen LogP contribution in [-0.2, 0) is 4.79 Å². The minimum absolute atomic E-state index is 0.0544. The predicted octanol–water partition coefficient (Wildman–Crippen LogP) is 1.43. The van der Waals surface area contributed by atoms with Crippen LogP contribution in [0.25, 0.3) is 11.0 Å². The highest BCUT2D eigenvalue weighted by Gasteiger charge is 2.14. The maximum absolute atomic E-state index is 13.3. The molecular weight excluding hydrogens is 205 g/mol. The van der Waals surface area contributed by atoms with Crippen molar-refractivity contribution in [2.75, 3.05) is 6.61 Å². The first-order chi connectivity index (χ1) is 7.18. The third kappa shape index (κ3) is 1.74. The number of fused-ring (bicyclic) bond motifs is 1. The number of hydrogen-bond acceptors (Lipinski definition) is 4. The number of aliphatic carboxylic acids is 1. The zero-order valence-electron chi connectivity index (χ0n) is 7.44. The quantitative estimate of drug-likeness (QED) is 0.831.